The summed E-state index contributed by atoms with van der Waals surface area (Å²) in [6.07, 6.45) is 0. The molecule has 0 bridgehead atoms. The van der Waals surface area contributed by atoms with Crippen molar-refractivity contribution in [1.29, 1.82) is 0 Å². The highest BCUT2D eigenvalue weighted by Crippen LogP contribution is 2.20. The molecule has 0 aliphatic rings. The Hall–Kier alpha value is -2.78. The molecule has 9 heteroatoms. The van der Waals surface area contributed by atoms with Crippen LogP contribution in [0, 0.1) is 6.92 Å². The van der Waals surface area contributed by atoms with Gasteiger partial charge in [-0.25, -0.2) is 13.1 Å². The van der Waals surface area contributed by atoms with Crippen LogP contribution >= 0.6 is 15.9 Å². The van der Waals surface area contributed by atoms with Crippen LogP contribution < -0.4 is 10.9 Å². The van der Waals surface area contributed by atoms with E-state index >= 15 is 0 Å². The van der Waals surface area contributed by atoms with E-state index in [9.17, 15) is 18.0 Å². The molecule has 0 radical (unpaired) electrons. The van der Waals surface area contributed by atoms with E-state index in [-0.39, 0.29) is 16.5 Å². The van der Waals surface area contributed by atoms with Gasteiger partial charge in [-0.2, -0.15) is 5.10 Å². The topological polar surface area (TPSA) is 98.1 Å². The quantitative estimate of drug-likeness (QED) is 0.590. The number of carbonyl (C=O) groups is 1. The van der Waals surface area contributed by atoms with Gasteiger partial charge in [-0.3, -0.25) is 9.59 Å². The number of aromatic nitrogens is 2. The Morgan fingerprint density at radius 3 is 2.34 bits per heavy atom. The number of halogens is 1. The number of aryl methyl sites for hydroxylation is 1. The summed E-state index contributed by atoms with van der Waals surface area (Å²) in [6.45, 7) is 1.88. The molecular weight excluding hydrogens is 458 g/mol. The average Bonchev–Trinajstić information content (AvgIpc) is 2.69. The number of nitrogens with one attached hydrogen (secondary N) is 1. The third-order valence-electron chi connectivity index (χ3n) is 4.15. The summed E-state index contributed by atoms with van der Waals surface area (Å²) >= 11 is 3.25. The maximum Gasteiger partial charge on any atom is 0.267 e. The fraction of sp³-hybridized carbons (Fsp3) is 0.150. The number of hydrogen-bond donors (Lipinski definition) is 1. The van der Waals surface area contributed by atoms with E-state index in [1.165, 1.54) is 12.1 Å². The van der Waals surface area contributed by atoms with Gasteiger partial charge in [0.15, 0.2) is 5.03 Å². The molecule has 0 aliphatic heterocycles. The number of rotatable bonds is 6. The zero-order valence-corrected chi connectivity index (χ0v) is 17.9. The molecule has 29 heavy (non-hydrogen) atoms. The zero-order chi connectivity index (χ0) is 21.0. The lowest BCUT2D eigenvalue weighted by Gasteiger charge is -2.09. The van der Waals surface area contributed by atoms with Crippen molar-refractivity contribution in [2.75, 3.05) is 0 Å². The van der Waals surface area contributed by atoms with E-state index in [0.29, 0.717) is 6.54 Å². The number of sulfone groups is 1. The largest absolute Gasteiger partial charge is 0.350 e. The Labute approximate surface area is 176 Å². The summed E-state index contributed by atoms with van der Waals surface area (Å²) in [4.78, 5) is 24.3. The molecule has 7 nitrogen and oxygen atoms in total. The fourth-order valence-corrected chi connectivity index (χ4v) is 3.97. The lowest BCUT2D eigenvalue weighted by atomic mass is 10.1. The average molecular weight is 476 g/mol. The molecule has 0 spiro atoms. The predicted molar refractivity (Wildman–Crippen MR) is 111 cm³/mol. The Kier molecular flexibility index (Phi) is 6.29. The highest BCUT2D eigenvalue weighted by molar-refractivity contribution is 9.10. The summed E-state index contributed by atoms with van der Waals surface area (Å²) in [7, 11) is -3.91. The van der Waals surface area contributed by atoms with Crippen molar-refractivity contribution in [2.45, 2.75) is 29.9 Å². The molecule has 1 heterocycles. The number of carbonyl (C=O) groups excluding carboxylic acids is 1. The number of nitrogens with zero attached hydrogens (tertiary/aromatic N) is 2. The van der Waals surface area contributed by atoms with E-state index in [1.807, 2.05) is 31.2 Å². The molecule has 3 aromatic rings. The van der Waals surface area contributed by atoms with Crippen LogP contribution in [0.2, 0.25) is 0 Å². The first-order chi connectivity index (χ1) is 13.8. The van der Waals surface area contributed by atoms with Gasteiger partial charge in [-0.15, -0.1) is 0 Å². The minimum absolute atomic E-state index is 0.0437. The Bertz CT molecular complexity index is 1190. The highest BCUT2D eigenvalue weighted by atomic mass is 79.9. The summed E-state index contributed by atoms with van der Waals surface area (Å²) in [5.41, 5.74) is 1.46. The van der Waals surface area contributed by atoms with E-state index in [0.717, 1.165) is 32.4 Å². The van der Waals surface area contributed by atoms with Gasteiger partial charge < -0.3 is 5.32 Å². The monoisotopic (exact) mass is 475 g/mol. The van der Waals surface area contributed by atoms with Gasteiger partial charge in [0.05, 0.1) is 4.90 Å². The second kappa shape index (κ2) is 8.71. The fourth-order valence-electron chi connectivity index (χ4n) is 2.52. The molecule has 2 aromatic carbocycles. The van der Waals surface area contributed by atoms with Gasteiger partial charge in [0.1, 0.15) is 6.54 Å². The molecule has 3 rings (SSSR count). The smallest absolute Gasteiger partial charge is 0.267 e. The van der Waals surface area contributed by atoms with Crippen LogP contribution in [0.1, 0.15) is 11.1 Å². The maximum atomic E-state index is 12.7. The van der Waals surface area contributed by atoms with Gasteiger partial charge in [-0.05, 0) is 42.8 Å². The zero-order valence-electron chi connectivity index (χ0n) is 15.5. The minimum atomic E-state index is -3.91. The summed E-state index contributed by atoms with van der Waals surface area (Å²) in [5.74, 6) is -0.446. The molecule has 150 valence electrons. The predicted octanol–water partition coefficient (Wildman–Crippen LogP) is 2.46. The molecule has 0 atom stereocenters. The highest BCUT2D eigenvalue weighted by Gasteiger charge is 2.21. The van der Waals surface area contributed by atoms with E-state index in [2.05, 4.69) is 26.3 Å². The molecule has 1 amide bonds. The summed E-state index contributed by atoms with van der Waals surface area (Å²) < 4.78 is 27.1. The minimum Gasteiger partial charge on any atom is -0.350 e. The second-order valence-corrected chi connectivity index (χ2v) is 9.20. The first-order valence-electron chi connectivity index (χ1n) is 8.67. The summed E-state index contributed by atoms with van der Waals surface area (Å²) in [5, 5.41) is 6.29. The van der Waals surface area contributed by atoms with Crippen molar-refractivity contribution in [3.63, 3.8) is 0 Å². The van der Waals surface area contributed by atoms with Crippen molar-refractivity contribution in [3.05, 3.63) is 86.6 Å². The van der Waals surface area contributed by atoms with E-state index < -0.39 is 21.3 Å². The lowest BCUT2D eigenvalue weighted by Crippen LogP contribution is -2.33. The van der Waals surface area contributed by atoms with Crippen molar-refractivity contribution in [2.24, 2.45) is 0 Å². The SMILES string of the molecule is Cc1ccc(CNC(=O)Cn2nc(S(=O)(=O)c3ccc(Br)cc3)ccc2=O)cc1. The Morgan fingerprint density at radius 1 is 1.03 bits per heavy atom. The van der Waals surface area contributed by atoms with Gasteiger partial charge in [0.25, 0.3) is 5.56 Å². The Morgan fingerprint density at radius 2 is 1.69 bits per heavy atom. The lowest BCUT2D eigenvalue weighted by molar-refractivity contribution is -0.122. The van der Waals surface area contributed by atoms with Crippen LogP contribution in [-0.4, -0.2) is 24.1 Å². The van der Waals surface area contributed by atoms with Crippen LogP contribution in [0.5, 0.6) is 0 Å². The van der Waals surface area contributed by atoms with Gasteiger partial charge in [0.2, 0.25) is 15.7 Å². The molecule has 1 N–H and O–H groups in total. The molecule has 0 aliphatic carbocycles. The van der Waals surface area contributed by atoms with Gasteiger partial charge in [0, 0.05) is 17.1 Å². The Balaban J connectivity index is 1.76. The number of hydrogen-bond acceptors (Lipinski definition) is 5. The van der Waals surface area contributed by atoms with Crippen molar-refractivity contribution >= 4 is 31.7 Å². The van der Waals surface area contributed by atoms with Crippen LogP contribution in [0.15, 0.2) is 79.9 Å². The van der Waals surface area contributed by atoms with Crippen molar-refractivity contribution < 1.29 is 13.2 Å². The third kappa shape index (κ3) is 5.18. The molecular formula is C20H18BrN3O4S. The molecule has 1 aromatic heterocycles. The maximum absolute atomic E-state index is 12.7. The second-order valence-electron chi connectivity index (χ2n) is 6.39. The molecule has 0 fully saturated rings. The number of benzene rings is 2. The third-order valence-corrected chi connectivity index (χ3v) is 6.33. The standard InChI is InChI=1S/C20H18BrN3O4S/c1-14-2-4-15(5-3-14)12-22-18(25)13-24-20(26)11-10-19(23-24)29(27,28)17-8-6-16(21)7-9-17/h2-11H,12-13H2,1H3,(H,22,25). The molecule has 0 unspecified atom stereocenters. The first-order valence-corrected chi connectivity index (χ1v) is 10.9. The summed E-state index contributed by atoms with van der Waals surface area (Å²) in [6, 6.07) is 16.0. The number of amides is 1. The van der Waals surface area contributed by atoms with Crippen LogP contribution in [0.4, 0.5) is 0 Å². The van der Waals surface area contributed by atoms with Gasteiger partial charge >= 0.3 is 0 Å². The molecule has 0 saturated heterocycles. The molecule has 0 saturated carbocycles. The van der Waals surface area contributed by atoms with Gasteiger partial charge in [-0.1, -0.05) is 45.8 Å². The van der Waals surface area contributed by atoms with Crippen LogP contribution in [0.25, 0.3) is 0 Å². The van der Waals surface area contributed by atoms with Crippen LogP contribution in [-0.2, 0) is 27.7 Å². The van der Waals surface area contributed by atoms with E-state index in [1.54, 1.807) is 12.1 Å². The van der Waals surface area contributed by atoms with Crippen molar-refractivity contribution in [1.82, 2.24) is 15.1 Å². The first kappa shape index (κ1) is 20.9. The normalized spacial score (nSPS) is 11.2. The van der Waals surface area contributed by atoms with E-state index in [4.69, 9.17) is 0 Å². The van der Waals surface area contributed by atoms with Crippen LogP contribution in [0.3, 0.4) is 0 Å². The van der Waals surface area contributed by atoms with Crippen molar-refractivity contribution in [3.8, 4) is 0 Å².